The van der Waals surface area contributed by atoms with Gasteiger partial charge in [0, 0.05) is 128 Å². The summed E-state index contributed by atoms with van der Waals surface area (Å²) in [5, 5.41) is 6.03. The first-order chi connectivity index (χ1) is 41.4. The molecular formula is C63H69ClF4N8O8S3. The van der Waals surface area contributed by atoms with Crippen LogP contribution in [0, 0.1) is 11.2 Å². The van der Waals surface area contributed by atoms with Crippen molar-refractivity contribution < 1.29 is 53.6 Å². The Hall–Kier alpha value is -6.34. The number of rotatable bonds is 19. The molecule has 3 N–H and O–H groups in total. The van der Waals surface area contributed by atoms with Crippen LogP contribution in [-0.4, -0.2) is 148 Å². The number of likely N-dealkylation sites (tertiary alicyclic amines) is 1. The van der Waals surface area contributed by atoms with Crippen molar-refractivity contribution in [3.8, 4) is 0 Å². The number of halogens is 5. The number of hydrogen-bond acceptors (Lipinski definition) is 14. The zero-order valence-electron chi connectivity index (χ0n) is 48.3. The lowest BCUT2D eigenvalue weighted by Gasteiger charge is -2.41. The molecule has 462 valence electrons. The average molecular weight is 1270 g/mol. The molecule has 0 spiro atoms. The fourth-order valence-electron chi connectivity index (χ4n) is 13.1. The van der Waals surface area contributed by atoms with Gasteiger partial charge in [-0.05, 0) is 146 Å². The number of thioether (sulfide) groups is 1. The molecule has 4 fully saturated rings. The van der Waals surface area contributed by atoms with Crippen molar-refractivity contribution in [3.05, 3.63) is 153 Å². The maximum atomic E-state index is 15.8. The van der Waals surface area contributed by atoms with Crippen LogP contribution < -0.4 is 20.3 Å². The Morgan fingerprint density at radius 1 is 0.828 bits per heavy atom. The van der Waals surface area contributed by atoms with Crippen molar-refractivity contribution in [2.24, 2.45) is 5.41 Å². The highest BCUT2D eigenvalue weighted by atomic mass is 35.5. The third-order valence-corrected chi connectivity index (χ3v) is 22.1. The zero-order valence-corrected chi connectivity index (χ0v) is 51.5. The SMILES string of the molecule is CC1(C)CCC(c2ccc(Cl)cc2)=C(CN2CCN(c3ccc(C(=O)NS(=O)(=O)c4ccc(N[C@H](CCN5CC6CCC(C5)N6Cc5cc6c(cc5F)C(=O)N(C5CCC(=O)NC5=O)C6)CSc5ccccc5)c(S(=O)(=O)C(F)(F)F)c4)cc3)CC2)C1. The van der Waals surface area contributed by atoms with E-state index in [0.29, 0.717) is 61.4 Å². The molecule has 4 amide bonds. The van der Waals surface area contributed by atoms with E-state index in [4.69, 9.17) is 11.6 Å². The minimum atomic E-state index is -6.17. The number of sulfonamides is 1. The van der Waals surface area contributed by atoms with Crippen LogP contribution in [0.15, 0.2) is 129 Å². The number of piperazine rings is 2. The van der Waals surface area contributed by atoms with Crippen molar-refractivity contribution in [1.29, 1.82) is 0 Å². The lowest BCUT2D eigenvalue weighted by atomic mass is 9.73. The first-order valence-corrected chi connectivity index (χ1v) is 33.7. The standard InChI is InChI=1S/C63H69ClF4N8O8S3/c1-62(2)24-22-52(40-8-12-45(64)13-9-40)44(33-62)34-72-26-28-74(29-27-72)47-14-10-41(11-15-47)59(78)71-87(83,84)51-18-19-55(57(31-51)86(81,82)63(66,67)68)69-46(39-85-50-6-4-3-5-7-50)23-25-73-37-48-16-17-49(38-73)75(48)36-43-30-42-35-76(61(80)53(42)32-54(43)65)56-20-21-58(77)70-60(56)79/h3-15,18-19,30-32,46,48-49,56,69H,16-17,20-29,33-39H2,1-2H3,(H,71,78)(H,70,77,79)/t46-,48?,49?,56?/m1/s1. The van der Waals surface area contributed by atoms with E-state index >= 15 is 4.39 Å². The van der Waals surface area contributed by atoms with Gasteiger partial charge in [0.05, 0.1) is 10.6 Å². The van der Waals surface area contributed by atoms with E-state index in [9.17, 15) is 49.2 Å². The van der Waals surface area contributed by atoms with Crippen molar-refractivity contribution in [1.82, 2.24) is 29.6 Å². The monoisotopic (exact) mass is 1270 g/mol. The molecule has 4 atom stereocenters. The molecule has 87 heavy (non-hydrogen) atoms. The second-order valence-electron chi connectivity index (χ2n) is 24.4. The molecule has 4 saturated heterocycles. The number of piperidine rings is 1. The van der Waals surface area contributed by atoms with Crippen molar-refractivity contribution >= 4 is 83.8 Å². The molecular weight excluding hydrogens is 1200 g/mol. The minimum absolute atomic E-state index is 0.0205. The van der Waals surface area contributed by atoms with Gasteiger partial charge in [-0.15, -0.1) is 11.8 Å². The predicted octanol–water partition coefficient (Wildman–Crippen LogP) is 9.75. The number of anilines is 2. The van der Waals surface area contributed by atoms with Crippen molar-refractivity contribution in [3.63, 3.8) is 0 Å². The molecule has 6 aliphatic rings. The molecule has 3 unspecified atom stereocenters. The van der Waals surface area contributed by atoms with E-state index in [1.807, 2.05) is 47.2 Å². The molecule has 16 nitrogen and oxygen atoms in total. The summed E-state index contributed by atoms with van der Waals surface area (Å²) < 4.78 is 116. The quantitative estimate of drug-likeness (QED) is 0.0403. The summed E-state index contributed by atoms with van der Waals surface area (Å²) in [6.07, 6.45) is 5.35. The number of imide groups is 1. The molecule has 2 bridgehead atoms. The number of nitrogens with zero attached hydrogens (tertiary/aromatic N) is 5. The number of nitrogens with one attached hydrogen (secondary N) is 3. The lowest BCUT2D eigenvalue weighted by Crippen LogP contribution is -2.53. The van der Waals surface area contributed by atoms with E-state index in [-0.39, 0.29) is 60.3 Å². The Labute approximate surface area is 514 Å². The van der Waals surface area contributed by atoms with Gasteiger partial charge in [0.1, 0.15) is 16.8 Å². The van der Waals surface area contributed by atoms with Crippen LogP contribution in [0.2, 0.25) is 5.02 Å². The van der Waals surface area contributed by atoms with Gasteiger partial charge < -0.3 is 20.0 Å². The van der Waals surface area contributed by atoms with Gasteiger partial charge in [0.2, 0.25) is 11.8 Å². The van der Waals surface area contributed by atoms with Crippen molar-refractivity contribution in [2.45, 2.75) is 123 Å². The minimum Gasteiger partial charge on any atom is -0.380 e. The maximum Gasteiger partial charge on any atom is 0.501 e. The fraction of sp³-hybridized carbons (Fsp3) is 0.429. The van der Waals surface area contributed by atoms with Crippen LogP contribution in [0.1, 0.15) is 103 Å². The van der Waals surface area contributed by atoms with Gasteiger partial charge in [-0.3, -0.25) is 34.3 Å². The average Bonchev–Trinajstić information content (AvgIpc) is 2.80. The highest BCUT2D eigenvalue weighted by Crippen LogP contribution is 2.44. The number of allylic oxidation sites excluding steroid dienone is 1. The number of carbonyl (C=O) groups excluding carboxylic acids is 4. The number of hydrogen-bond donors (Lipinski definition) is 3. The van der Waals surface area contributed by atoms with Gasteiger partial charge in [0.15, 0.2) is 0 Å². The van der Waals surface area contributed by atoms with Gasteiger partial charge in [-0.2, -0.15) is 13.2 Å². The van der Waals surface area contributed by atoms with Crippen molar-refractivity contribution in [2.75, 3.05) is 68.3 Å². The molecule has 5 aromatic carbocycles. The molecule has 0 radical (unpaired) electrons. The highest BCUT2D eigenvalue weighted by Gasteiger charge is 2.49. The van der Waals surface area contributed by atoms with Crippen LogP contribution in [0.4, 0.5) is 28.9 Å². The number of alkyl halides is 3. The summed E-state index contributed by atoms with van der Waals surface area (Å²) in [4.78, 5) is 60.5. The maximum absolute atomic E-state index is 15.8. The second kappa shape index (κ2) is 25.3. The molecule has 24 heteroatoms. The molecule has 5 heterocycles. The van der Waals surface area contributed by atoms with E-state index in [0.717, 1.165) is 74.5 Å². The van der Waals surface area contributed by atoms with Gasteiger partial charge in [-0.25, -0.2) is 25.9 Å². The van der Waals surface area contributed by atoms with E-state index in [2.05, 4.69) is 56.2 Å². The van der Waals surface area contributed by atoms with Crippen LogP contribution in [-0.2, 0) is 42.5 Å². The van der Waals surface area contributed by atoms with Gasteiger partial charge in [0.25, 0.3) is 31.7 Å². The fourth-order valence-corrected chi connectivity index (χ4v) is 16.3. The van der Waals surface area contributed by atoms with Gasteiger partial charge >= 0.3 is 5.51 Å². The Morgan fingerprint density at radius 2 is 1.53 bits per heavy atom. The molecule has 5 aliphatic heterocycles. The van der Waals surface area contributed by atoms with E-state index in [1.165, 1.54) is 51.6 Å². The zero-order chi connectivity index (χ0) is 61.6. The summed E-state index contributed by atoms with van der Waals surface area (Å²) in [6, 6.07) is 27.5. The topological polar surface area (TPSA) is 189 Å². The Kier molecular flexibility index (Phi) is 18.1. The lowest BCUT2D eigenvalue weighted by molar-refractivity contribution is -0.136. The largest absolute Gasteiger partial charge is 0.501 e. The highest BCUT2D eigenvalue weighted by molar-refractivity contribution is 7.99. The van der Waals surface area contributed by atoms with Crippen LogP contribution in [0.25, 0.3) is 5.57 Å². The third-order valence-electron chi connectivity index (χ3n) is 17.8. The Morgan fingerprint density at radius 3 is 2.21 bits per heavy atom. The smallest absolute Gasteiger partial charge is 0.380 e. The molecule has 1 aliphatic carbocycles. The third kappa shape index (κ3) is 13.9. The van der Waals surface area contributed by atoms with Crippen LogP contribution >= 0.6 is 23.4 Å². The summed E-state index contributed by atoms with van der Waals surface area (Å²) >= 11 is 7.62. The number of fused-ring (bicyclic) bond motifs is 3. The molecule has 5 aromatic rings. The summed E-state index contributed by atoms with van der Waals surface area (Å²) in [7, 11) is -11.1. The van der Waals surface area contributed by atoms with Crippen LogP contribution in [0.3, 0.4) is 0 Å². The Balaban J connectivity index is 0.737. The Bertz CT molecular complexity index is 3710. The summed E-state index contributed by atoms with van der Waals surface area (Å²) in [6.45, 7) is 10.5. The molecule has 0 aromatic heterocycles. The second-order valence-corrected chi connectivity index (χ2v) is 29.5. The van der Waals surface area contributed by atoms with Gasteiger partial charge in [-0.1, -0.05) is 61.4 Å². The number of benzene rings is 5. The van der Waals surface area contributed by atoms with E-state index < -0.39 is 82.4 Å². The summed E-state index contributed by atoms with van der Waals surface area (Å²) in [5.41, 5.74) is -0.104. The molecule has 0 saturated carbocycles. The summed E-state index contributed by atoms with van der Waals surface area (Å²) in [5.74, 6) is -2.75. The predicted molar refractivity (Wildman–Crippen MR) is 326 cm³/mol. The number of amides is 4. The number of sulfone groups is 1. The molecule has 11 rings (SSSR count). The van der Waals surface area contributed by atoms with Crippen LogP contribution in [0.5, 0.6) is 0 Å². The number of carbonyl (C=O) groups is 4. The van der Waals surface area contributed by atoms with E-state index in [1.54, 1.807) is 18.2 Å². The first-order valence-electron chi connectivity index (χ1n) is 29.3. The first kappa shape index (κ1) is 62.3. The normalized spacial score (nSPS) is 21.7.